The monoisotopic (exact) mass is 409 g/mol. The van der Waals surface area contributed by atoms with Crippen molar-refractivity contribution in [3.63, 3.8) is 0 Å². The molecule has 0 aromatic heterocycles. The van der Waals surface area contributed by atoms with Crippen LogP contribution in [0.3, 0.4) is 0 Å². The van der Waals surface area contributed by atoms with Gasteiger partial charge in [-0.25, -0.2) is 4.39 Å². The summed E-state index contributed by atoms with van der Waals surface area (Å²) < 4.78 is 14.3. The van der Waals surface area contributed by atoms with Gasteiger partial charge in [-0.15, -0.1) is 0 Å². The molecule has 0 fully saturated rings. The van der Waals surface area contributed by atoms with Crippen LogP contribution in [0.15, 0.2) is 18.2 Å². The van der Waals surface area contributed by atoms with E-state index in [2.05, 4.69) is 10.6 Å². The Hall–Kier alpha value is -2.48. The summed E-state index contributed by atoms with van der Waals surface area (Å²) in [6, 6.07) is 2.86. The molecule has 0 aliphatic carbocycles. The fourth-order valence-corrected chi connectivity index (χ4v) is 2.58. The summed E-state index contributed by atoms with van der Waals surface area (Å²) in [7, 11) is 0. The number of halogens is 1. The fourth-order valence-electron chi connectivity index (χ4n) is 2.58. The Morgan fingerprint density at radius 3 is 2.31 bits per heavy atom. The minimum Gasteiger partial charge on any atom is -0.481 e. The standard InChI is InChI=1S/C21H32FN3O4/c1-12(2)17(23)19(27)24-13(3)18(26)25-16-9-8-14(11-15(16)22)7-6-10-21(4,5)20(28)29/h8-9,11-13,17H,6-7,10,23H2,1-5H3,(H,24,27)(H,25,26)(H,28,29)/t13-,17-/m0/s1. The quantitative estimate of drug-likeness (QED) is 0.473. The average molecular weight is 410 g/mol. The first-order valence-corrected chi connectivity index (χ1v) is 9.73. The zero-order valence-electron chi connectivity index (χ0n) is 17.7. The van der Waals surface area contributed by atoms with Crippen LogP contribution >= 0.6 is 0 Å². The van der Waals surface area contributed by atoms with Gasteiger partial charge in [0.1, 0.15) is 11.9 Å². The van der Waals surface area contributed by atoms with Gasteiger partial charge in [-0.3, -0.25) is 14.4 Å². The number of hydrogen-bond acceptors (Lipinski definition) is 4. The molecule has 1 aromatic carbocycles. The van der Waals surface area contributed by atoms with Crippen molar-refractivity contribution in [2.45, 2.75) is 66.0 Å². The highest BCUT2D eigenvalue weighted by molar-refractivity contribution is 5.97. The van der Waals surface area contributed by atoms with E-state index in [0.717, 1.165) is 0 Å². The number of carbonyl (C=O) groups is 3. The van der Waals surface area contributed by atoms with Crippen LogP contribution in [0.2, 0.25) is 0 Å². The first-order valence-electron chi connectivity index (χ1n) is 9.73. The normalized spacial score (nSPS) is 13.7. The molecule has 1 rings (SSSR count). The van der Waals surface area contributed by atoms with Gasteiger partial charge in [0.15, 0.2) is 0 Å². The van der Waals surface area contributed by atoms with Gasteiger partial charge >= 0.3 is 5.97 Å². The zero-order valence-corrected chi connectivity index (χ0v) is 17.7. The van der Waals surface area contributed by atoms with Crippen LogP contribution in [0.1, 0.15) is 53.0 Å². The third-order valence-corrected chi connectivity index (χ3v) is 4.91. The Labute approximate surface area is 171 Å². The average Bonchev–Trinajstić information content (AvgIpc) is 2.62. The Bertz CT molecular complexity index is 749. The van der Waals surface area contributed by atoms with Crippen molar-refractivity contribution in [2.24, 2.45) is 17.1 Å². The lowest BCUT2D eigenvalue weighted by molar-refractivity contribution is -0.147. The minimum atomic E-state index is -0.871. The van der Waals surface area contributed by atoms with Crippen LogP contribution in [-0.2, 0) is 20.8 Å². The molecule has 7 nitrogen and oxygen atoms in total. The summed E-state index contributed by atoms with van der Waals surface area (Å²) in [5.74, 6) is -2.52. The van der Waals surface area contributed by atoms with Crippen molar-refractivity contribution in [2.75, 3.05) is 5.32 Å². The van der Waals surface area contributed by atoms with Crippen LogP contribution in [-0.4, -0.2) is 35.0 Å². The number of amides is 2. The van der Waals surface area contributed by atoms with Gasteiger partial charge in [0.2, 0.25) is 11.8 Å². The predicted molar refractivity (Wildman–Crippen MR) is 110 cm³/mol. The Kier molecular flexibility index (Phi) is 8.76. The van der Waals surface area contributed by atoms with Gasteiger partial charge < -0.3 is 21.5 Å². The van der Waals surface area contributed by atoms with Crippen molar-refractivity contribution in [1.29, 1.82) is 0 Å². The van der Waals surface area contributed by atoms with Crippen molar-refractivity contribution in [3.05, 3.63) is 29.6 Å². The van der Waals surface area contributed by atoms with E-state index in [1.54, 1.807) is 33.8 Å². The number of rotatable bonds is 10. The molecule has 0 saturated carbocycles. The van der Waals surface area contributed by atoms with Gasteiger partial charge in [0, 0.05) is 0 Å². The molecule has 0 aliphatic rings. The van der Waals surface area contributed by atoms with Crippen molar-refractivity contribution in [1.82, 2.24) is 5.32 Å². The molecule has 0 bridgehead atoms. The fraction of sp³-hybridized carbons (Fsp3) is 0.571. The predicted octanol–water partition coefficient (Wildman–Crippen LogP) is 2.69. The molecular formula is C21H32FN3O4. The number of aliphatic carboxylic acids is 1. The van der Waals surface area contributed by atoms with Gasteiger partial charge in [-0.1, -0.05) is 19.9 Å². The number of carbonyl (C=O) groups excluding carboxylic acids is 2. The van der Waals surface area contributed by atoms with Crippen LogP contribution < -0.4 is 16.4 Å². The molecule has 8 heteroatoms. The van der Waals surface area contributed by atoms with Crippen molar-refractivity contribution in [3.8, 4) is 0 Å². The second-order valence-corrected chi connectivity index (χ2v) is 8.35. The smallest absolute Gasteiger partial charge is 0.309 e. The Balaban J connectivity index is 2.64. The number of carboxylic acid groups (broad SMARTS) is 1. The third-order valence-electron chi connectivity index (χ3n) is 4.91. The summed E-state index contributed by atoms with van der Waals surface area (Å²) in [6.45, 7) is 8.41. The van der Waals surface area contributed by atoms with Gasteiger partial charge in [0.25, 0.3) is 0 Å². The maximum absolute atomic E-state index is 14.3. The summed E-state index contributed by atoms with van der Waals surface area (Å²) in [5.41, 5.74) is 5.65. The number of hydrogen-bond donors (Lipinski definition) is 4. The highest BCUT2D eigenvalue weighted by atomic mass is 19.1. The number of nitrogens with two attached hydrogens (primary N) is 1. The largest absolute Gasteiger partial charge is 0.481 e. The molecule has 2 atom stereocenters. The van der Waals surface area contributed by atoms with E-state index in [9.17, 15) is 18.8 Å². The van der Waals surface area contributed by atoms with Gasteiger partial charge in [-0.2, -0.15) is 0 Å². The summed E-state index contributed by atoms with van der Waals surface area (Å²) >= 11 is 0. The van der Waals surface area contributed by atoms with Gasteiger partial charge in [0.05, 0.1) is 17.1 Å². The van der Waals surface area contributed by atoms with E-state index in [4.69, 9.17) is 10.8 Å². The third kappa shape index (κ3) is 7.45. The molecule has 0 aliphatic heterocycles. The molecule has 0 radical (unpaired) electrons. The Morgan fingerprint density at radius 2 is 1.79 bits per heavy atom. The van der Waals surface area contributed by atoms with E-state index < -0.39 is 41.1 Å². The second kappa shape index (κ2) is 10.3. The lowest BCUT2D eigenvalue weighted by Crippen LogP contribution is -2.50. The molecule has 5 N–H and O–H groups in total. The number of anilines is 1. The molecule has 0 unspecified atom stereocenters. The minimum absolute atomic E-state index is 0.0128. The van der Waals surface area contributed by atoms with Crippen LogP contribution in [0.25, 0.3) is 0 Å². The molecule has 162 valence electrons. The number of carboxylic acids is 1. The summed E-state index contributed by atoms with van der Waals surface area (Å²) in [6.07, 6.45) is 1.60. The lowest BCUT2D eigenvalue weighted by atomic mass is 9.87. The highest BCUT2D eigenvalue weighted by Gasteiger charge is 2.26. The summed E-state index contributed by atoms with van der Waals surface area (Å²) in [4.78, 5) is 35.3. The van der Waals surface area contributed by atoms with Gasteiger partial charge in [-0.05, 0) is 63.6 Å². The van der Waals surface area contributed by atoms with E-state index in [-0.39, 0.29) is 11.6 Å². The number of benzene rings is 1. The van der Waals surface area contributed by atoms with Crippen LogP contribution in [0.5, 0.6) is 0 Å². The van der Waals surface area contributed by atoms with Crippen molar-refractivity contribution < 1.29 is 23.9 Å². The molecule has 1 aromatic rings. The van der Waals surface area contributed by atoms with Crippen LogP contribution in [0, 0.1) is 17.2 Å². The van der Waals surface area contributed by atoms with E-state index in [1.165, 1.54) is 19.1 Å². The lowest BCUT2D eigenvalue weighted by Gasteiger charge is -2.20. The van der Waals surface area contributed by atoms with E-state index >= 15 is 0 Å². The van der Waals surface area contributed by atoms with Crippen LogP contribution in [0.4, 0.5) is 10.1 Å². The number of aryl methyl sites for hydroxylation is 1. The molecule has 29 heavy (non-hydrogen) atoms. The molecule has 0 saturated heterocycles. The Morgan fingerprint density at radius 1 is 1.17 bits per heavy atom. The zero-order chi connectivity index (χ0) is 22.4. The van der Waals surface area contributed by atoms with E-state index in [0.29, 0.717) is 24.8 Å². The molecular weight excluding hydrogens is 377 g/mol. The second-order valence-electron chi connectivity index (χ2n) is 8.35. The molecule has 0 heterocycles. The highest BCUT2D eigenvalue weighted by Crippen LogP contribution is 2.24. The number of nitrogens with one attached hydrogen (secondary N) is 2. The first kappa shape index (κ1) is 24.6. The SMILES string of the molecule is CC(C)[C@H](N)C(=O)N[C@@H](C)C(=O)Nc1ccc(CCCC(C)(C)C(=O)O)cc1F. The maximum atomic E-state index is 14.3. The van der Waals surface area contributed by atoms with E-state index in [1.807, 2.05) is 0 Å². The first-order chi connectivity index (χ1) is 13.3. The summed E-state index contributed by atoms with van der Waals surface area (Å²) in [5, 5.41) is 14.1. The maximum Gasteiger partial charge on any atom is 0.309 e. The topological polar surface area (TPSA) is 122 Å². The van der Waals surface area contributed by atoms with Crippen molar-refractivity contribution >= 4 is 23.5 Å². The molecule has 2 amide bonds. The molecule has 0 spiro atoms.